The fourth-order valence-corrected chi connectivity index (χ4v) is 4.60. The standard InChI is InChI=1S/C21H14.Hf/c1-3-13-20-16(7-1)9-5-11-18(20)15-19-12-6-10-17-8-2-4-14-21(17)19;/h1-14H;/q;+2. The summed E-state index contributed by atoms with van der Waals surface area (Å²) in [4.78, 5) is 0. The first-order valence-electron chi connectivity index (χ1n) is 7.39. The first-order valence-corrected chi connectivity index (χ1v) is 9.19. The van der Waals surface area contributed by atoms with Crippen molar-refractivity contribution in [3.63, 3.8) is 0 Å². The van der Waals surface area contributed by atoms with Crippen molar-refractivity contribution in [2.75, 3.05) is 0 Å². The van der Waals surface area contributed by atoms with Crippen LogP contribution in [0.3, 0.4) is 0 Å². The maximum absolute atomic E-state index is 2.26. The Morgan fingerprint density at radius 1 is 0.500 bits per heavy atom. The van der Waals surface area contributed by atoms with E-state index in [9.17, 15) is 0 Å². The molecule has 0 bridgehead atoms. The quantitative estimate of drug-likeness (QED) is 0.377. The van der Waals surface area contributed by atoms with Crippen molar-refractivity contribution in [2.24, 2.45) is 0 Å². The predicted octanol–water partition coefficient (Wildman–Crippen LogP) is 5.11. The van der Waals surface area contributed by atoms with Gasteiger partial charge in [-0.1, -0.05) is 0 Å². The van der Waals surface area contributed by atoms with Crippen molar-refractivity contribution in [2.45, 2.75) is 0 Å². The van der Waals surface area contributed by atoms with Crippen molar-refractivity contribution in [1.82, 2.24) is 0 Å². The van der Waals surface area contributed by atoms with E-state index in [2.05, 4.69) is 84.9 Å². The van der Waals surface area contributed by atoms with Crippen molar-refractivity contribution in [1.29, 1.82) is 0 Å². The van der Waals surface area contributed by atoms with Crippen LogP contribution < -0.4 is 0 Å². The molecular formula is C21H14Hf+2. The van der Waals surface area contributed by atoms with Gasteiger partial charge in [-0.2, -0.15) is 0 Å². The van der Waals surface area contributed by atoms with E-state index in [-0.39, 0.29) is 0 Å². The third-order valence-electron chi connectivity index (χ3n) is 4.12. The van der Waals surface area contributed by atoms with E-state index in [4.69, 9.17) is 0 Å². The summed E-state index contributed by atoms with van der Waals surface area (Å²) >= 11 is 1.02. The van der Waals surface area contributed by atoms with Gasteiger partial charge < -0.3 is 0 Å². The number of hydrogen-bond acceptors (Lipinski definition) is 0. The topological polar surface area (TPSA) is 0 Å². The van der Waals surface area contributed by atoms with Crippen LogP contribution in [0, 0.1) is 0 Å². The molecule has 4 aromatic rings. The molecule has 0 fully saturated rings. The van der Waals surface area contributed by atoms with E-state index in [1.807, 2.05) is 0 Å². The molecule has 1 heteroatoms. The van der Waals surface area contributed by atoms with E-state index in [1.165, 1.54) is 35.9 Å². The molecular weight excluding hydrogens is 431 g/mol. The van der Waals surface area contributed by atoms with E-state index in [0.29, 0.717) is 0 Å². The zero-order valence-corrected chi connectivity index (χ0v) is 15.7. The second kappa shape index (κ2) is 5.73. The average molecular weight is 445 g/mol. The molecule has 0 aliphatic heterocycles. The van der Waals surface area contributed by atoms with Gasteiger partial charge in [0, 0.05) is 0 Å². The molecule has 0 nitrogen and oxygen atoms in total. The van der Waals surface area contributed by atoms with Gasteiger partial charge in [-0.25, -0.2) is 0 Å². The molecule has 4 rings (SSSR count). The fraction of sp³-hybridized carbons (Fsp3) is 0. The Morgan fingerprint density at radius 2 is 0.909 bits per heavy atom. The number of fused-ring (bicyclic) bond motifs is 2. The summed E-state index contributed by atoms with van der Waals surface area (Å²) in [6, 6.07) is 30.5. The Kier molecular flexibility index (Phi) is 3.59. The van der Waals surface area contributed by atoms with Gasteiger partial charge in [-0.15, -0.1) is 0 Å². The third kappa shape index (κ3) is 2.30. The number of benzene rings is 4. The maximum atomic E-state index is 2.26. The second-order valence-electron chi connectivity index (χ2n) is 5.43. The van der Waals surface area contributed by atoms with Crippen LogP contribution in [0.2, 0.25) is 0 Å². The zero-order chi connectivity index (χ0) is 14.9. The molecule has 0 aliphatic rings. The molecule has 0 radical (unpaired) electrons. The summed E-state index contributed by atoms with van der Waals surface area (Å²) in [5, 5.41) is 5.33. The summed E-state index contributed by atoms with van der Waals surface area (Å²) in [5.74, 6) is 0. The van der Waals surface area contributed by atoms with Crippen LogP contribution >= 0.6 is 0 Å². The molecule has 22 heavy (non-hydrogen) atoms. The normalized spacial score (nSPS) is 11.0. The summed E-state index contributed by atoms with van der Waals surface area (Å²) in [6.45, 7) is 0. The Labute approximate surface area is 144 Å². The van der Waals surface area contributed by atoms with Crippen LogP contribution in [0.4, 0.5) is 0 Å². The molecule has 0 aromatic heterocycles. The number of hydrogen-bond donors (Lipinski definition) is 0. The Hall–Kier alpha value is -1.86. The van der Waals surface area contributed by atoms with E-state index in [1.54, 1.807) is 0 Å². The van der Waals surface area contributed by atoms with Gasteiger partial charge in [0.2, 0.25) is 0 Å². The van der Waals surface area contributed by atoms with Crippen LogP contribution in [0.5, 0.6) is 0 Å². The summed E-state index contributed by atoms with van der Waals surface area (Å²) < 4.78 is 1.47. The first-order chi connectivity index (χ1) is 10.8. The minimum atomic E-state index is 1.02. The molecule has 0 N–H and O–H groups in total. The Bertz CT molecular complexity index is 907. The molecule has 0 aliphatic carbocycles. The Balaban J connectivity index is 1.97. The predicted molar refractivity (Wildman–Crippen MR) is 91.1 cm³/mol. The molecule has 0 spiro atoms. The Morgan fingerprint density at radius 3 is 1.41 bits per heavy atom. The van der Waals surface area contributed by atoms with Gasteiger partial charge >= 0.3 is 145 Å². The van der Waals surface area contributed by atoms with Crippen LogP contribution in [0.1, 0.15) is 11.1 Å². The average Bonchev–Trinajstić information content (AvgIpc) is 2.60. The monoisotopic (exact) mass is 446 g/mol. The second-order valence-corrected chi connectivity index (χ2v) is 7.22. The molecule has 0 amide bonds. The van der Waals surface area contributed by atoms with Gasteiger partial charge in [0.25, 0.3) is 0 Å². The molecule has 0 atom stereocenters. The van der Waals surface area contributed by atoms with Crippen molar-refractivity contribution < 1.29 is 23.9 Å². The summed E-state index contributed by atoms with van der Waals surface area (Å²) in [5.41, 5.74) is 2.75. The van der Waals surface area contributed by atoms with Crippen LogP contribution in [-0.4, -0.2) is 3.26 Å². The fourth-order valence-electron chi connectivity index (χ4n) is 3.03. The van der Waals surface area contributed by atoms with E-state index in [0.717, 1.165) is 23.9 Å². The van der Waals surface area contributed by atoms with Crippen LogP contribution in [-0.2, 0) is 23.9 Å². The van der Waals surface area contributed by atoms with Crippen molar-refractivity contribution in [3.8, 4) is 0 Å². The summed E-state index contributed by atoms with van der Waals surface area (Å²) in [6.07, 6.45) is 0. The minimum absolute atomic E-state index is 1.02. The van der Waals surface area contributed by atoms with E-state index < -0.39 is 0 Å². The van der Waals surface area contributed by atoms with Crippen molar-refractivity contribution >= 4 is 24.8 Å². The molecule has 0 saturated carbocycles. The van der Waals surface area contributed by atoms with Gasteiger partial charge in [-0.3, -0.25) is 0 Å². The van der Waals surface area contributed by atoms with E-state index >= 15 is 0 Å². The van der Waals surface area contributed by atoms with Crippen LogP contribution in [0.25, 0.3) is 21.5 Å². The summed E-state index contributed by atoms with van der Waals surface area (Å²) in [7, 11) is 0. The molecule has 0 unspecified atom stereocenters. The van der Waals surface area contributed by atoms with Gasteiger partial charge in [0.1, 0.15) is 0 Å². The third-order valence-corrected chi connectivity index (χ3v) is 6.05. The molecule has 0 heterocycles. The molecule has 4 aromatic carbocycles. The zero-order valence-electron chi connectivity index (χ0n) is 12.1. The van der Waals surface area contributed by atoms with Gasteiger partial charge in [-0.05, 0) is 0 Å². The number of rotatable bonds is 2. The SMILES string of the molecule is [Hf+2]=[C](c1cccc2ccccc12)c1cccc2ccccc12. The van der Waals surface area contributed by atoms with Crippen molar-refractivity contribution in [3.05, 3.63) is 96.1 Å². The van der Waals surface area contributed by atoms with Gasteiger partial charge in [0.05, 0.1) is 0 Å². The first kappa shape index (κ1) is 13.8. The molecule has 0 saturated heterocycles. The van der Waals surface area contributed by atoms with Gasteiger partial charge in [0.15, 0.2) is 0 Å². The van der Waals surface area contributed by atoms with Crippen LogP contribution in [0.15, 0.2) is 84.9 Å². The molecule has 100 valence electrons.